The number of benzene rings is 6. The van der Waals surface area contributed by atoms with Gasteiger partial charge in [0.2, 0.25) is 5.78 Å². The minimum absolute atomic E-state index is 0.0130. The average molecular weight is 1430 g/mol. The Morgan fingerprint density at radius 1 is 0.573 bits per heavy atom. The van der Waals surface area contributed by atoms with Crippen molar-refractivity contribution in [1.82, 2.24) is 28.5 Å². The first-order valence-corrected chi connectivity index (χ1v) is 33.9. The second-order valence-corrected chi connectivity index (χ2v) is 26.6. The van der Waals surface area contributed by atoms with Gasteiger partial charge in [-0.25, -0.2) is 14.0 Å². The Morgan fingerprint density at radius 3 is 1.53 bits per heavy atom. The second kappa shape index (κ2) is 32.2. The number of aliphatic hydroxyl groups excluding tert-OH is 1. The van der Waals surface area contributed by atoms with Crippen LogP contribution in [0.15, 0.2) is 167 Å². The van der Waals surface area contributed by atoms with Crippen LogP contribution >= 0.6 is 31.9 Å². The first-order valence-electron chi connectivity index (χ1n) is 32.3. The van der Waals surface area contributed by atoms with Gasteiger partial charge >= 0.3 is 11.9 Å². The molecule has 0 saturated carbocycles. The highest BCUT2D eigenvalue weighted by Gasteiger charge is 2.32. The molecule has 10 aromatic rings. The van der Waals surface area contributed by atoms with Crippen LogP contribution in [0.1, 0.15) is 153 Å². The first-order chi connectivity index (χ1) is 45.9. The maximum atomic E-state index is 14.7. The third-order valence-corrected chi connectivity index (χ3v) is 17.8. The summed E-state index contributed by atoms with van der Waals surface area (Å²) in [6.07, 6.45) is 14.2. The van der Waals surface area contributed by atoms with E-state index in [0.29, 0.717) is 24.2 Å². The smallest absolute Gasteiger partial charge is 0.379 e. The van der Waals surface area contributed by atoms with Crippen molar-refractivity contribution in [3.05, 3.63) is 206 Å². The number of allylic oxidation sites excluding steroid dienone is 1. The van der Waals surface area contributed by atoms with E-state index < -0.39 is 53.2 Å². The van der Waals surface area contributed by atoms with Gasteiger partial charge in [-0.05, 0) is 212 Å². The molecule has 1 fully saturated rings. The lowest BCUT2D eigenvalue weighted by atomic mass is 9.99. The number of rotatable bonds is 16. The van der Waals surface area contributed by atoms with Crippen molar-refractivity contribution >= 4 is 117 Å². The van der Waals surface area contributed by atoms with E-state index in [9.17, 15) is 38.3 Å². The number of carbonyl (C=O) groups excluding carboxylic acids is 5. The molecule has 0 radical (unpaired) electrons. The zero-order valence-electron chi connectivity index (χ0n) is 55.4. The van der Waals surface area contributed by atoms with Crippen LogP contribution in [0.5, 0.6) is 11.5 Å². The van der Waals surface area contributed by atoms with Gasteiger partial charge < -0.3 is 52.9 Å². The Balaban J connectivity index is 0.000000154. The minimum atomic E-state index is -1.42. The summed E-state index contributed by atoms with van der Waals surface area (Å²) in [5.74, 6) is -5.62. The highest BCUT2D eigenvalue weighted by Crippen LogP contribution is 2.37. The zero-order chi connectivity index (χ0) is 69.1. The summed E-state index contributed by atoms with van der Waals surface area (Å²) in [5, 5.41) is 27.0. The highest BCUT2D eigenvalue weighted by atomic mass is 79.9. The normalized spacial score (nSPS) is 13.7. The number of carboxylic acid groups (broad SMARTS) is 1. The van der Waals surface area contributed by atoms with Crippen molar-refractivity contribution in [3.8, 4) is 11.5 Å². The molecule has 0 bridgehead atoms. The number of hydrogen-bond donors (Lipinski definition) is 3. The van der Waals surface area contributed by atoms with Crippen molar-refractivity contribution in [3.63, 3.8) is 0 Å². The largest absolute Gasteiger partial charge is 0.486 e. The molecule has 20 heteroatoms. The van der Waals surface area contributed by atoms with Gasteiger partial charge in [-0.1, -0.05) is 92.5 Å². The molecule has 96 heavy (non-hydrogen) atoms. The number of ketones is 3. The number of carbonyl (C=O) groups is 6. The van der Waals surface area contributed by atoms with Gasteiger partial charge in [0.1, 0.15) is 19.3 Å². The van der Waals surface area contributed by atoms with Gasteiger partial charge in [-0.15, -0.1) is 0 Å². The summed E-state index contributed by atoms with van der Waals surface area (Å²) in [7, 11) is 0. The molecule has 6 aromatic carbocycles. The van der Waals surface area contributed by atoms with E-state index in [1.165, 1.54) is 38.6 Å². The number of hydrogen-bond acceptors (Lipinski definition) is 11. The molecule has 0 unspecified atom stereocenters. The van der Waals surface area contributed by atoms with Crippen molar-refractivity contribution < 1.29 is 57.6 Å². The predicted molar refractivity (Wildman–Crippen MR) is 381 cm³/mol. The predicted octanol–water partition coefficient (Wildman–Crippen LogP) is 16.1. The number of aliphatic hydroxyl groups is 1. The van der Waals surface area contributed by atoms with Crippen LogP contribution in [0.4, 0.5) is 4.39 Å². The summed E-state index contributed by atoms with van der Waals surface area (Å²) in [6, 6.07) is 39.4. The summed E-state index contributed by atoms with van der Waals surface area (Å²) in [6.45, 7) is 21.1. The Hall–Kier alpha value is -8.95. The number of Topliss-reactive ketones (excluding diaryl/α,β-unsaturated/α-hetero) is 3. The molecule has 0 spiro atoms. The Bertz CT molecular complexity index is 4510. The minimum Gasteiger partial charge on any atom is -0.486 e. The number of fused-ring (bicyclic) bond motifs is 6. The number of amides is 1. The molecule has 2 atom stereocenters. The van der Waals surface area contributed by atoms with Crippen LogP contribution in [0.25, 0.3) is 49.7 Å². The zero-order valence-corrected chi connectivity index (χ0v) is 58.5. The van der Waals surface area contributed by atoms with Crippen molar-refractivity contribution in [2.24, 2.45) is 0 Å². The van der Waals surface area contributed by atoms with Crippen LogP contribution in [0.3, 0.4) is 0 Å². The molecule has 3 N–H and O–H groups in total. The molecule has 502 valence electrons. The first kappa shape index (κ1) is 71.3. The molecule has 17 nitrogen and oxygen atoms in total. The van der Waals surface area contributed by atoms with Crippen molar-refractivity contribution in [2.45, 2.75) is 118 Å². The van der Waals surface area contributed by atoms with E-state index in [4.69, 9.17) is 19.3 Å². The molecule has 1 amide bonds. The highest BCUT2D eigenvalue weighted by molar-refractivity contribution is 9.10. The molecule has 13 rings (SSSR count). The topological polar surface area (TPSA) is 206 Å². The van der Waals surface area contributed by atoms with E-state index >= 15 is 0 Å². The van der Waals surface area contributed by atoms with Gasteiger partial charge in [0.25, 0.3) is 17.5 Å². The molecule has 3 aliphatic rings. The van der Waals surface area contributed by atoms with Crippen LogP contribution < -0.4 is 14.8 Å². The van der Waals surface area contributed by atoms with Crippen molar-refractivity contribution in [2.75, 3.05) is 39.5 Å². The number of ether oxygens (including phenoxy) is 3. The molecule has 1 saturated heterocycles. The number of nitrogens with one attached hydrogen (secondary N) is 1. The summed E-state index contributed by atoms with van der Waals surface area (Å²) < 4.78 is 41.0. The van der Waals surface area contributed by atoms with Gasteiger partial charge in [0.15, 0.2) is 17.3 Å². The monoisotopic (exact) mass is 1430 g/mol. The Kier molecular flexibility index (Phi) is 23.9. The number of carboxylic acids is 1. The fourth-order valence-corrected chi connectivity index (χ4v) is 12.6. The number of likely N-dealkylation sites (tertiary alicyclic amines) is 1. The molecular weight excluding hydrogens is 1350 g/mol. The summed E-state index contributed by atoms with van der Waals surface area (Å²) in [5.41, 5.74) is 7.88. The van der Waals surface area contributed by atoms with Crippen LogP contribution in [0, 0.1) is 5.82 Å². The Labute approximate surface area is 574 Å². The SMILES string of the molecule is Brc1ccc2c(c1)CC=C2.CC(C)n1ccc2ccc(Br)cc21.CC(C)n1ccc2ccc(C(=O)C(=O)N[C@H](CN3CCCC3)[C@H](O)c3cc(F)c4c(c3)OCCO4)cc21.CC(C)n1ccc2ccc(C(=O)C(=O)O)cc21.CCOC(=O)C(=O)c1ccc2ccn(C(C)C)c2c1. The second-order valence-electron chi connectivity index (χ2n) is 24.8. The third kappa shape index (κ3) is 17.2. The molecule has 1 aliphatic carbocycles. The molecule has 4 aromatic heterocycles. The fraction of sp³-hybridized carbons (Fsp3) is 0.316. The van der Waals surface area contributed by atoms with Gasteiger partial charge in [0.05, 0.1) is 12.6 Å². The van der Waals surface area contributed by atoms with E-state index in [1.807, 2.05) is 85.8 Å². The molecule has 2 aliphatic heterocycles. The van der Waals surface area contributed by atoms with Crippen LogP contribution in [-0.2, 0) is 25.5 Å². The van der Waals surface area contributed by atoms with E-state index in [1.54, 1.807) is 49.4 Å². The third-order valence-electron chi connectivity index (χ3n) is 16.8. The van der Waals surface area contributed by atoms with Crippen molar-refractivity contribution in [1.29, 1.82) is 0 Å². The molecular formula is C76H81Br2FN6O11. The number of esters is 1. The van der Waals surface area contributed by atoms with Gasteiger partial charge in [0, 0.05) is 103 Å². The quantitative estimate of drug-likeness (QED) is 0.0469. The summed E-state index contributed by atoms with van der Waals surface area (Å²) >= 11 is 6.92. The van der Waals surface area contributed by atoms with E-state index in [-0.39, 0.29) is 60.1 Å². The fourth-order valence-electron chi connectivity index (χ4n) is 11.8. The molecule has 6 heterocycles. The standard InChI is InChI=1S/C28H32FN3O5.C15H17NO3.C13H13NO3.C11H12BrN.C9H7Br/c1-17(2)32-10-7-18-5-6-19(14-23(18)32)26(34)28(35)30-22(16-31-8-3-4-9-31)25(33)20-13-21(29)27-24(15-20)36-11-12-37-27;1-4-19-15(18)14(17)12-6-5-11-7-8-16(10(2)3)13(11)9-12;1-8(2)14-6-5-9-3-4-10(7-11(9)14)12(15)13(16)17;1-8(2)13-6-5-9-3-4-10(12)7-11(9)13;10-9-5-4-7-2-1-3-8(7)6-9/h5-7,10,13-15,17,22,25,33H,3-4,8-9,11-12,16H2,1-2H3,(H,30,35);5-10H,4H2,1-3H3;3-8H,1-2H3,(H,16,17);3-8H,1-2H3;1-2,4-6H,3H2/t22-,25-;;;;/m1..../s1. The maximum Gasteiger partial charge on any atom is 0.379 e. The average Bonchev–Trinajstić information content (AvgIpc) is 1.46. The van der Waals surface area contributed by atoms with Crippen LogP contribution in [0.2, 0.25) is 0 Å². The lowest BCUT2D eigenvalue weighted by Gasteiger charge is -2.29. The number of nitrogens with zero attached hydrogens (tertiary/aromatic N) is 5. The maximum absolute atomic E-state index is 14.7. The Morgan fingerprint density at radius 2 is 1.03 bits per heavy atom. The lowest BCUT2D eigenvalue weighted by Crippen LogP contribution is -2.48. The lowest BCUT2D eigenvalue weighted by molar-refractivity contribution is -0.137. The van der Waals surface area contributed by atoms with Gasteiger partial charge in [-0.2, -0.15) is 0 Å². The van der Waals surface area contributed by atoms with Gasteiger partial charge in [-0.3, -0.25) is 19.2 Å². The van der Waals surface area contributed by atoms with Crippen LogP contribution in [-0.4, -0.2) is 114 Å². The summed E-state index contributed by atoms with van der Waals surface area (Å²) in [4.78, 5) is 73.8. The number of halogens is 3. The van der Waals surface area contributed by atoms with E-state index in [0.717, 1.165) is 69.5 Å². The number of aliphatic carboxylic acids is 1. The number of aromatic nitrogens is 4. The van der Waals surface area contributed by atoms with E-state index in [2.05, 4.69) is 140 Å².